The summed E-state index contributed by atoms with van der Waals surface area (Å²) in [7, 11) is 1.57. The van der Waals surface area contributed by atoms with Gasteiger partial charge in [0, 0.05) is 5.56 Å². The van der Waals surface area contributed by atoms with Crippen LogP contribution in [-0.2, 0) is 13.2 Å². The highest BCUT2D eigenvalue weighted by molar-refractivity contribution is 7.71. The molecule has 0 aliphatic rings. The van der Waals surface area contributed by atoms with Crippen LogP contribution in [0.2, 0.25) is 5.02 Å². The molecule has 2 N–H and O–H groups in total. The van der Waals surface area contributed by atoms with E-state index in [0.717, 1.165) is 5.56 Å². The first-order valence-corrected chi connectivity index (χ1v) is 8.45. The van der Waals surface area contributed by atoms with E-state index in [0.29, 0.717) is 33.4 Å². The van der Waals surface area contributed by atoms with Crippen LogP contribution in [0.4, 0.5) is 4.39 Å². The fourth-order valence-corrected chi connectivity index (χ4v) is 2.66. The third-order valence-electron chi connectivity index (χ3n) is 3.63. The van der Waals surface area contributed by atoms with Crippen molar-refractivity contribution in [2.24, 2.45) is 0 Å². The molecular weight excluding hydrogens is 379 g/mol. The van der Waals surface area contributed by atoms with Crippen molar-refractivity contribution in [2.45, 2.75) is 13.2 Å². The normalized spacial score (nSPS) is 10.6. The number of methoxy groups -OCH3 is 1. The standard InChI is InChI=1S/C17H16ClFN4O2S/c1-24-16-6-11(8-21-23-10-20-22-17(23)26)2-5-15(16)25-9-12-3-4-13(19)7-14(12)18/h2-7,10,21H,8-9H2,1H3,(H,22,26). The van der Waals surface area contributed by atoms with Crippen molar-refractivity contribution >= 4 is 23.8 Å². The smallest absolute Gasteiger partial charge is 0.214 e. The van der Waals surface area contributed by atoms with Gasteiger partial charge < -0.3 is 14.9 Å². The maximum Gasteiger partial charge on any atom is 0.214 e. The summed E-state index contributed by atoms with van der Waals surface area (Å²) < 4.78 is 26.4. The van der Waals surface area contributed by atoms with Crippen LogP contribution >= 0.6 is 23.8 Å². The van der Waals surface area contributed by atoms with Gasteiger partial charge in [0.15, 0.2) is 11.5 Å². The SMILES string of the molecule is COc1cc(CNn2cn[nH]c2=S)ccc1OCc1ccc(F)cc1Cl. The Hall–Kier alpha value is -2.58. The molecule has 0 unspecified atom stereocenters. The molecule has 0 aliphatic heterocycles. The Morgan fingerprint density at radius 3 is 2.81 bits per heavy atom. The van der Waals surface area contributed by atoms with E-state index in [9.17, 15) is 4.39 Å². The minimum absolute atomic E-state index is 0.206. The van der Waals surface area contributed by atoms with Crippen LogP contribution < -0.4 is 14.9 Å². The number of hydrogen-bond donors (Lipinski definition) is 2. The highest BCUT2D eigenvalue weighted by Crippen LogP contribution is 2.29. The highest BCUT2D eigenvalue weighted by atomic mass is 35.5. The van der Waals surface area contributed by atoms with Crippen LogP contribution in [0, 0.1) is 10.6 Å². The molecule has 1 aromatic heterocycles. The van der Waals surface area contributed by atoms with Gasteiger partial charge in [0.2, 0.25) is 4.77 Å². The van der Waals surface area contributed by atoms with E-state index < -0.39 is 0 Å². The van der Waals surface area contributed by atoms with E-state index in [1.54, 1.807) is 24.2 Å². The Labute approximate surface area is 159 Å². The van der Waals surface area contributed by atoms with Crippen molar-refractivity contribution in [3.05, 3.63) is 69.5 Å². The highest BCUT2D eigenvalue weighted by Gasteiger charge is 2.08. The van der Waals surface area contributed by atoms with E-state index in [1.807, 2.05) is 18.2 Å². The van der Waals surface area contributed by atoms with Gasteiger partial charge in [-0.2, -0.15) is 5.10 Å². The summed E-state index contributed by atoms with van der Waals surface area (Å²) in [5, 5.41) is 6.82. The average molecular weight is 395 g/mol. The Morgan fingerprint density at radius 2 is 2.12 bits per heavy atom. The van der Waals surface area contributed by atoms with Crippen molar-refractivity contribution in [1.82, 2.24) is 14.9 Å². The van der Waals surface area contributed by atoms with E-state index in [2.05, 4.69) is 15.6 Å². The van der Waals surface area contributed by atoms with Crippen LogP contribution in [0.3, 0.4) is 0 Å². The first-order valence-electron chi connectivity index (χ1n) is 7.66. The first kappa shape index (κ1) is 18.2. The Morgan fingerprint density at radius 1 is 1.27 bits per heavy atom. The lowest BCUT2D eigenvalue weighted by Crippen LogP contribution is -2.13. The van der Waals surface area contributed by atoms with E-state index >= 15 is 0 Å². The zero-order valence-corrected chi connectivity index (χ0v) is 15.4. The van der Waals surface area contributed by atoms with Crippen LogP contribution in [0.1, 0.15) is 11.1 Å². The van der Waals surface area contributed by atoms with Crippen molar-refractivity contribution in [2.75, 3.05) is 12.5 Å². The topological polar surface area (TPSA) is 64.1 Å². The number of ether oxygens (including phenoxy) is 2. The molecule has 0 fully saturated rings. The third-order valence-corrected chi connectivity index (χ3v) is 4.27. The van der Waals surface area contributed by atoms with Crippen LogP contribution in [0.5, 0.6) is 11.5 Å². The second-order valence-electron chi connectivity index (χ2n) is 5.38. The molecule has 3 rings (SSSR count). The summed E-state index contributed by atoms with van der Waals surface area (Å²) in [6.07, 6.45) is 1.56. The maximum atomic E-state index is 13.1. The zero-order chi connectivity index (χ0) is 18.5. The molecule has 9 heteroatoms. The number of aromatic amines is 1. The van der Waals surface area contributed by atoms with Gasteiger partial charge in [-0.15, -0.1) is 0 Å². The number of benzene rings is 2. The number of nitrogens with zero attached hydrogens (tertiary/aromatic N) is 2. The van der Waals surface area contributed by atoms with Gasteiger partial charge in [-0.05, 0) is 42.0 Å². The van der Waals surface area contributed by atoms with Gasteiger partial charge in [-0.25, -0.2) is 9.07 Å². The molecule has 0 atom stereocenters. The predicted molar refractivity (Wildman–Crippen MR) is 99.2 cm³/mol. The Kier molecular flexibility index (Phi) is 5.75. The summed E-state index contributed by atoms with van der Waals surface area (Å²) in [6.45, 7) is 0.728. The van der Waals surface area contributed by atoms with Gasteiger partial charge in [0.05, 0.1) is 18.7 Å². The monoisotopic (exact) mass is 394 g/mol. The van der Waals surface area contributed by atoms with E-state index in [-0.39, 0.29) is 12.4 Å². The van der Waals surface area contributed by atoms with E-state index in [4.69, 9.17) is 33.3 Å². The molecule has 26 heavy (non-hydrogen) atoms. The second-order valence-corrected chi connectivity index (χ2v) is 6.17. The lowest BCUT2D eigenvalue weighted by atomic mass is 10.2. The molecule has 2 aromatic carbocycles. The summed E-state index contributed by atoms with van der Waals surface area (Å²) in [4.78, 5) is 0. The molecule has 0 saturated carbocycles. The molecule has 0 radical (unpaired) electrons. The largest absolute Gasteiger partial charge is 0.493 e. The lowest BCUT2D eigenvalue weighted by Gasteiger charge is -2.13. The summed E-state index contributed by atoms with van der Waals surface area (Å²) >= 11 is 11.1. The van der Waals surface area contributed by atoms with Crippen molar-refractivity contribution in [3.63, 3.8) is 0 Å². The molecule has 3 aromatic rings. The molecule has 0 saturated heterocycles. The molecule has 0 amide bonds. The van der Waals surface area contributed by atoms with E-state index in [1.165, 1.54) is 12.1 Å². The number of hydrogen-bond acceptors (Lipinski definition) is 5. The summed E-state index contributed by atoms with van der Waals surface area (Å²) in [5.41, 5.74) is 4.78. The number of halogens is 2. The van der Waals surface area contributed by atoms with Gasteiger partial charge in [-0.1, -0.05) is 23.7 Å². The minimum Gasteiger partial charge on any atom is -0.493 e. The molecule has 0 bridgehead atoms. The first-order chi connectivity index (χ1) is 12.6. The van der Waals surface area contributed by atoms with Crippen molar-refractivity contribution in [1.29, 1.82) is 0 Å². The molecule has 0 spiro atoms. The van der Waals surface area contributed by atoms with Gasteiger partial charge in [0.1, 0.15) is 18.8 Å². The van der Waals surface area contributed by atoms with Crippen LogP contribution in [0.25, 0.3) is 0 Å². The third kappa shape index (κ3) is 4.33. The zero-order valence-electron chi connectivity index (χ0n) is 13.8. The molecular formula is C17H16ClFN4O2S. The second kappa shape index (κ2) is 8.20. The molecule has 6 nitrogen and oxygen atoms in total. The quantitative estimate of drug-likeness (QED) is 0.591. The summed E-state index contributed by atoms with van der Waals surface area (Å²) in [5.74, 6) is 0.765. The van der Waals surface area contributed by atoms with Crippen molar-refractivity contribution in [3.8, 4) is 11.5 Å². The molecule has 1 heterocycles. The van der Waals surface area contributed by atoms with Gasteiger partial charge in [0.25, 0.3) is 0 Å². The Balaban J connectivity index is 1.68. The van der Waals surface area contributed by atoms with Gasteiger partial charge >= 0.3 is 0 Å². The maximum absolute atomic E-state index is 13.1. The lowest BCUT2D eigenvalue weighted by molar-refractivity contribution is 0.284. The summed E-state index contributed by atoms with van der Waals surface area (Å²) in [6, 6.07) is 9.77. The van der Waals surface area contributed by atoms with Crippen LogP contribution in [-0.4, -0.2) is 22.0 Å². The number of H-pyrrole nitrogens is 1. The fourth-order valence-electron chi connectivity index (χ4n) is 2.27. The number of aromatic nitrogens is 3. The fraction of sp³-hybridized carbons (Fsp3) is 0.176. The minimum atomic E-state index is -0.383. The molecule has 0 aliphatic carbocycles. The Bertz CT molecular complexity index is 960. The van der Waals surface area contributed by atoms with Gasteiger partial charge in [-0.3, -0.25) is 5.10 Å². The van der Waals surface area contributed by atoms with Crippen molar-refractivity contribution < 1.29 is 13.9 Å². The number of nitrogens with one attached hydrogen (secondary N) is 2. The molecule has 136 valence electrons. The average Bonchev–Trinajstić information content (AvgIpc) is 3.04. The van der Waals surface area contributed by atoms with Crippen LogP contribution in [0.15, 0.2) is 42.7 Å². The predicted octanol–water partition coefficient (Wildman–Crippen LogP) is 4.06. The number of rotatable bonds is 7.